The van der Waals surface area contributed by atoms with Crippen LogP contribution in [0, 0.1) is 0 Å². The first-order chi connectivity index (χ1) is 7.06. The molecule has 0 aliphatic heterocycles. The maximum absolute atomic E-state index is 11.5. The van der Waals surface area contributed by atoms with Gasteiger partial charge in [0.25, 0.3) is 5.56 Å². The normalized spacial score (nSPS) is 10.7. The smallest absolute Gasteiger partial charge is 0.331 e. The molecule has 0 fully saturated rings. The van der Waals surface area contributed by atoms with Gasteiger partial charge in [-0.2, -0.15) is 0 Å². The summed E-state index contributed by atoms with van der Waals surface area (Å²) in [6, 6.07) is 1.15. The van der Waals surface area contributed by atoms with E-state index in [0.29, 0.717) is 6.61 Å². The number of aromatic amines is 1. The number of H-pyrrole nitrogens is 1. The summed E-state index contributed by atoms with van der Waals surface area (Å²) in [5.41, 5.74) is -0.761. The van der Waals surface area contributed by atoms with Crippen LogP contribution in [-0.2, 0) is 0 Å². The van der Waals surface area contributed by atoms with E-state index in [2.05, 4.69) is 4.98 Å². The molecule has 0 saturated carbocycles. The predicted molar refractivity (Wildman–Crippen MR) is 57.5 cm³/mol. The molecule has 1 aromatic rings. The van der Waals surface area contributed by atoms with E-state index in [1.54, 1.807) is 13.8 Å². The van der Waals surface area contributed by atoms with Gasteiger partial charge in [0, 0.05) is 6.04 Å². The minimum atomic E-state index is -0.427. The van der Waals surface area contributed by atoms with E-state index < -0.39 is 5.69 Å². The second-order valence-corrected chi connectivity index (χ2v) is 3.59. The van der Waals surface area contributed by atoms with Crippen molar-refractivity contribution in [3.05, 3.63) is 26.9 Å². The van der Waals surface area contributed by atoms with Crippen LogP contribution in [0.15, 0.2) is 15.7 Å². The van der Waals surface area contributed by atoms with Gasteiger partial charge >= 0.3 is 5.69 Å². The molecule has 15 heavy (non-hydrogen) atoms. The van der Waals surface area contributed by atoms with Crippen LogP contribution < -0.4 is 16.0 Å². The van der Waals surface area contributed by atoms with Crippen molar-refractivity contribution in [2.75, 3.05) is 6.61 Å². The van der Waals surface area contributed by atoms with Crippen molar-refractivity contribution in [2.24, 2.45) is 0 Å². The van der Waals surface area contributed by atoms with Crippen LogP contribution in [0.25, 0.3) is 0 Å². The summed E-state index contributed by atoms with van der Waals surface area (Å²) < 4.78 is 6.33. The van der Waals surface area contributed by atoms with Gasteiger partial charge in [-0.05, 0) is 20.3 Å². The van der Waals surface area contributed by atoms with Crippen LogP contribution in [0.4, 0.5) is 0 Å². The Morgan fingerprint density at radius 3 is 2.60 bits per heavy atom. The van der Waals surface area contributed by atoms with E-state index in [4.69, 9.17) is 4.74 Å². The molecule has 0 unspecified atom stereocenters. The van der Waals surface area contributed by atoms with E-state index in [1.165, 1.54) is 6.07 Å². The minimum Gasteiger partial charge on any atom is -0.479 e. The molecule has 5 nitrogen and oxygen atoms in total. The molecule has 84 valence electrons. The number of ether oxygens (including phenoxy) is 1. The molecule has 1 N–H and O–H groups in total. The number of hydrogen-bond donors (Lipinski definition) is 1. The molecule has 0 atom stereocenters. The number of nitrogens with zero attached hydrogens (tertiary/aromatic N) is 1. The molecule has 5 heteroatoms. The van der Waals surface area contributed by atoms with Crippen molar-refractivity contribution in [1.29, 1.82) is 0 Å². The van der Waals surface area contributed by atoms with Gasteiger partial charge < -0.3 is 4.74 Å². The maximum Gasteiger partial charge on any atom is 0.331 e. The molecule has 1 aromatic heterocycles. The molecule has 0 amide bonds. The minimum absolute atomic E-state index is 0.151. The zero-order valence-corrected chi connectivity index (χ0v) is 9.24. The van der Waals surface area contributed by atoms with Crippen molar-refractivity contribution in [2.45, 2.75) is 33.2 Å². The standard InChI is InChI=1S/C10H16N2O3/c1-4-5-15-8-6-9(13)12(7(2)3)10(14)11-8/h6-7H,4-5H2,1-3H3,(H,11,14). The van der Waals surface area contributed by atoms with Crippen molar-refractivity contribution < 1.29 is 4.74 Å². The van der Waals surface area contributed by atoms with E-state index in [1.807, 2.05) is 6.92 Å². The molecule has 0 spiro atoms. The average Bonchev–Trinajstić information content (AvgIpc) is 2.12. The molecule has 0 radical (unpaired) electrons. The maximum atomic E-state index is 11.5. The second kappa shape index (κ2) is 4.82. The quantitative estimate of drug-likeness (QED) is 0.806. The highest BCUT2D eigenvalue weighted by Crippen LogP contribution is 2.01. The van der Waals surface area contributed by atoms with Gasteiger partial charge in [-0.3, -0.25) is 14.3 Å². The van der Waals surface area contributed by atoms with E-state index in [9.17, 15) is 9.59 Å². The number of rotatable bonds is 4. The first-order valence-corrected chi connectivity index (χ1v) is 5.05. The number of aromatic nitrogens is 2. The van der Waals surface area contributed by atoms with E-state index in [0.717, 1.165) is 11.0 Å². The molecule has 0 aliphatic carbocycles. The van der Waals surface area contributed by atoms with Crippen LogP contribution in [0.5, 0.6) is 5.88 Å². The number of hydrogen-bond acceptors (Lipinski definition) is 3. The van der Waals surface area contributed by atoms with Crippen molar-refractivity contribution >= 4 is 0 Å². The Morgan fingerprint density at radius 1 is 1.47 bits per heavy atom. The highest BCUT2D eigenvalue weighted by atomic mass is 16.5. The summed E-state index contributed by atoms with van der Waals surface area (Å²) in [7, 11) is 0. The van der Waals surface area contributed by atoms with E-state index >= 15 is 0 Å². The van der Waals surface area contributed by atoms with Crippen molar-refractivity contribution in [3.8, 4) is 5.88 Å². The lowest BCUT2D eigenvalue weighted by atomic mass is 10.4. The highest BCUT2D eigenvalue weighted by molar-refractivity contribution is 5.06. The van der Waals surface area contributed by atoms with Gasteiger partial charge in [-0.15, -0.1) is 0 Å². The first-order valence-electron chi connectivity index (χ1n) is 5.05. The summed E-state index contributed by atoms with van der Waals surface area (Å²) in [5, 5.41) is 0. The highest BCUT2D eigenvalue weighted by Gasteiger charge is 2.07. The second-order valence-electron chi connectivity index (χ2n) is 3.59. The Hall–Kier alpha value is -1.52. The van der Waals surface area contributed by atoms with Gasteiger partial charge in [0.15, 0.2) is 5.88 Å². The summed E-state index contributed by atoms with van der Waals surface area (Å²) in [5.74, 6) is 0.240. The molecule has 0 saturated heterocycles. The molecule has 0 aliphatic rings. The SMILES string of the molecule is CCCOc1cc(=O)n(C(C)C)c(=O)[nH]1. The molecule has 0 bridgehead atoms. The fourth-order valence-electron chi connectivity index (χ4n) is 1.26. The molecular weight excluding hydrogens is 196 g/mol. The van der Waals surface area contributed by atoms with Crippen LogP contribution >= 0.6 is 0 Å². The summed E-state index contributed by atoms with van der Waals surface area (Å²) in [6.07, 6.45) is 0.829. The third-order valence-electron chi connectivity index (χ3n) is 1.92. The van der Waals surface area contributed by atoms with Gasteiger partial charge in [-0.1, -0.05) is 6.92 Å². The topological polar surface area (TPSA) is 64.1 Å². The first kappa shape index (κ1) is 11.6. The van der Waals surface area contributed by atoms with Crippen molar-refractivity contribution in [1.82, 2.24) is 9.55 Å². The Morgan fingerprint density at radius 2 is 2.13 bits per heavy atom. The summed E-state index contributed by atoms with van der Waals surface area (Å²) in [6.45, 7) is 6.00. The lowest BCUT2D eigenvalue weighted by Crippen LogP contribution is -2.35. The Labute approximate surface area is 87.7 Å². The Bertz CT molecular complexity index is 400. The fourth-order valence-corrected chi connectivity index (χ4v) is 1.26. The summed E-state index contributed by atoms with van der Waals surface area (Å²) >= 11 is 0. The molecular formula is C10H16N2O3. The van der Waals surface area contributed by atoms with Crippen LogP contribution in [-0.4, -0.2) is 16.2 Å². The lowest BCUT2D eigenvalue weighted by molar-refractivity contribution is 0.300. The largest absolute Gasteiger partial charge is 0.479 e. The molecule has 1 heterocycles. The van der Waals surface area contributed by atoms with Crippen LogP contribution in [0.3, 0.4) is 0 Å². The lowest BCUT2D eigenvalue weighted by Gasteiger charge is -2.09. The average molecular weight is 212 g/mol. The zero-order valence-electron chi connectivity index (χ0n) is 9.24. The van der Waals surface area contributed by atoms with Crippen LogP contribution in [0.2, 0.25) is 0 Å². The van der Waals surface area contributed by atoms with Gasteiger partial charge in [0.05, 0.1) is 12.7 Å². The van der Waals surface area contributed by atoms with Gasteiger partial charge in [0.1, 0.15) is 0 Å². The van der Waals surface area contributed by atoms with Crippen molar-refractivity contribution in [3.63, 3.8) is 0 Å². The fraction of sp³-hybridized carbons (Fsp3) is 0.600. The predicted octanol–water partition coefficient (Wildman–Crippen LogP) is 0.906. The Kier molecular flexibility index (Phi) is 3.71. The third kappa shape index (κ3) is 2.71. The third-order valence-corrected chi connectivity index (χ3v) is 1.92. The zero-order chi connectivity index (χ0) is 11.4. The summed E-state index contributed by atoms with van der Waals surface area (Å²) in [4.78, 5) is 25.5. The molecule has 0 aromatic carbocycles. The van der Waals surface area contributed by atoms with Crippen LogP contribution in [0.1, 0.15) is 33.2 Å². The van der Waals surface area contributed by atoms with E-state index in [-0.39, 0.29) is 17.5 Å². The Balaban J connectivity index is 3.09. The molecule has 1 rings (SSSR count). The van der Waals surface area contributed by atoms with Gasteiger partial charge in [0.2, 0.25) is 0 Å². The number of nitrogens with one attached hydrogen (secondary N) is 1. The van der Waals surface area contributed by atoms with Gasteiger partial charge in [-0.25, -0.2) is 4.79 Å². The monoisotopic (exact) mass is 212 g/mol.